The van der Waals surface area contributed by atoms with Crippen LogP contribution in [0, 0.1) is 0 Å². The molecule has 1 rings (SSSR count). The van der Waals surface area contributed by atoms with E-state index in [2.05, 4.69) is 0 Å². The fourth-order valence-corrected chi connectivity index (χ4v) is 2.35. The number of alkyl halides is 3. The second-order valence-electron chi connectivity index (χ2n) is 5.83. The molecule has 0 fully saturated rings. The van der Waals surface area contributed by atoms with Crippen LogP contribution in [0.3, 0.4) is 0 Å². The summed E-state index contributed by atoms with van der Waals surface area (Å²) < 4.78 is 36.2. The number of aryl methyl sites for hydroxylation is 1. The van der Waals surface area contributed by atoms with Crippen LogP contribution in [0.4, 0.5) is 13.2 Å². The summed E-state index contributed by atoms with van der Waals surface area (Å²) in [6, 6.07) is 7.15. The average molecular weight is 360 g/mol. The van der Waals surface area contributed by atoms with Crippen molar-refractivity contribution in [2.75, 3.05) is 6.54 Å². The first kappa shape index (κ1) is 21.0. The topological polar surface area (TPSA) is 92.4 Å². The highest BCUT2D eigenvalue weighted by atomic mass is 19.4. The molecule has 140 valence electrons. The summed E-state index contributed by atoms with van der Waals surface area (Å²) in [5.41, 5.74) is 6.65. The van der Waals surface area contributed by atoms with Crippen molar-refractivity contribution in [2.24, 2.45) is 5.73 Å². The molecule has 0 saturated carbocycles. The zero-order chi connectivity index (χ0) is 18.9. The molecule has 0 aromatic heterocycles. The number of rotatable bonds is 10. The van der Waals surface area contributed by atoms with E-state index in [1.807, 2.05) is 6.07 Å². The molecule has 0 saturated heterocycles. The van der Waals surface area contributed by atoms with Crippen molar-refractivity contribution in [1.82, 2.24) is 5.32 Å². The number of nitrogens with one attached hydrogen (secondary N) is 1. The summed E-state index contributed by atoms with van der Waals surface area (Å²) in [6.07, 6.45) is -2.29. The Morgan fingerprint density at radius 3 is 2.56 bits per heavy atom. The minimum absolute atomic E-state index is 0.0100. The number of primary amides is 1. The summed E-state index contributed by atoms with van der Waals surface area (Å²) in [6.45, 7) is -0.267. The van der Waals surface area contributed by atoms with Gasteiger partial charge in [0.25, 0.3) is 0 Å². The number of hydrogen-bond donors (Lipinski definition) is 3. The van der Waals surface area contributed by atoms with E-state index < -0.39 is 18.2 Å². The molecule has 1 unspecified atom stereocenters. The lowest BCUT2D eigenvalue weighted by Crippen LogP contribution is -2.37. The van der Waals surface area contributed by atoms with Crippen molar-refractivity contribution >= 4 is 11.8 Å². The SMILES string of the molecule is NC(=O)CCCCCc1cccc(C(O)CCNC(=O)C(F)(F)F)c1. The molecule has 1 atom stereocenters. The second-order valence-corrected chi connectivity index (χ2v) is 5.83. The number of amides is 2. The third kappa shape index (κ3) is 8.53. The van der Waals surface area contributed by atoms with Crippen molar-refractivity contribution < 1.29 is 27.9 Å². The van der Waals surface area contributed by atoms with Crippen LogP contribution < -0.4 is 11.1 Å². The van der Waals surface area contributed by atoms with Crippen LogP contribution in [-0.4, -0.2) is 29.6 Å². The van der Waals surface area contributed by atoms with Gasteiger partial charge in [-0.15, -0.1) is 0 Å². The maximum atomic E-state index is 12.1. The average Bonchev–Trinajstić information content (AvgIpc) is 2.53. The highest BCUT2D eigenvalue weighted by Gasteiger charge is 2.38. The van der Waals surface area contributed by atoms with Gasteiger partial charge < -0.3 is 16.2 Å². The quantitative estimate of drug-likeness (QED) is 0.559. The number of halogens is 3. The zero-order valence-electron chi connectivity index (χ0n) is 13.8. The van der Waals surface area contributed by atoms with Crippen LogP contribution in [0.15, 0.2) is 24.3 Å². The largest absolute Gasteiger partial charge is 0.471 e. The molecule has 25 heavy (non-hydrogen) atoms. The maximum Gasteiger partial charge on any atom is 0.471 e. The molecule has 5 nitrogen and oxygen atoms in total. The number of aliphatic hydroxyl groups is 1. The number of carbonyl (C=O) groups is 2. The van der Waals surface area contributed by atoms with Crippen LogP contribution in [0.2, 0.25) is 0 Å². The Balaban J connectivity index is 2.40. The van der Waals surface area contributed by atoms with Gasteiger partial charge >= 0.3 is 12.1 Å². The molecular weight excluding hydrogens is 337 g/mol. The molecule has 0 bridgehead atoms. The standard InChI is InChI=1S/C17H23F3N2O3/c18-17(19,20)16(25)22-10-9-14(23)13-7-4-6-12(11-13)5-2-1-3-8-15(21)24/h4,6-7,11,14,23H,1-3,5,8-10H2,(H2,21,24)(H,22,25). The summed E-state index contributed by atoms with van der Waals surface area (Å²) in [7, 11) is 0. The van der Waals surface area contributed by atoms with Gasteiger partial charge in [-0.1, -0.05) is 30.7 Å². The van der Waals surface area contributed by atoms with E-state index in [0.717, 1.165) is 31.2 Å². The predicted molar refractivity (Wildman–Crippen MR) is 86.4 cm³/mol. The molecule has 4 N–H and O–H groups in total. The molecule has 1 aromatic carbocycles. The molecule has 0 heterocycles. The molecule has 0 radical (unpaired) electrons. The lowest BCUT2D eigenvalue weighted by molar-refractivity contribution is -0.173. The van der Waals surface area contributed by atoms with Crippen molar-refractivity contribution in [3.05, 3.63) is 35.4 Å². The van der Waals surface area contributed by atoms with Gasteiger partial charge in [0.1, 0.15) is 0 Å². The molecule has 1 aromatic rings. The first-order valence-electron chi connectivity index (χ1n) is 8.10. The third-order valence-corrected chi connectivity index (χ3v) is 3.69. The summed E-state index contributed by atoms with van der Waals surface area (Å²) in [5, 5.41) is 11.8. The molecule has 2 amide bonds. The lowest BCUT2D eigenvalue weighted by atomic mass is 10.00. The Bertz CT molecular complexity index is 577. The van der Waals surface area contributed by atoms with E-state index >= 15 is 0 Å². The first-order chi connectivity index (χ1) is 11.7. The van der Waals surface area contributed by atoms with Crippen LogP contribution in [-0.2, 0) is 16.0 Å². The van der Waals surface area contributed by atoms with Gasteiger partial charge in [0.2, 0.25) is 5.91 Å². The van der Waals surface area contributed by atoms with Gasteiger partial charge in [-0.3, -0.25) is 9.59 Å². The van der Waals surface area contributed by atoms with E-state index in [4.69, 9.17) is 5.73 Å². The Labute approximate surface area is 144 Å². The molecule has 0 spiro atoms. The maximum absolute atomic E-state index is 12.1. The predicted octanol–water partition coefficient (Wildman–Crippen LogP) is 2.38. The number of aliphatic hydroxyl groups excluding tert-OH is 1. The first-order valence-corrected chi connectivity index (χ1v) is 8.10. The van der Waals surface area contributed by atoms with Gasteiger partial charge in [-0.2, -0.15) is 13.2 Å². The number of nitrogens with two attached hydrogens (primary N) is 1. The van der Waals surface area contributed by atoms with Gasteiger partial charge in [0.15, 0.2) is 0 Å². The highest BCUT2D eigenvalue weighted by Crippen LogP contribution is 2.19. The fraction of sp³-hybridized carbons (Fsp3) is 0.529. The van der Waals surface area contributed by atoms with Crippen molar-refractivity contribution in [1.29, 1.82) is 0 Å². The van der Waals surface area contributed by atoms with Crippen LogP contribution in [0.25, 0.3) is 0 Å². The molecule has 0 aliphatic heterocycles. The second kappa shape index (κ2) is 10.0. The minimum Gasteiger partial charge on any atom is -0.388 e. The number of unbranched alkanes of at least 4 members (excludes halogenated alkanes) is 2. The van der Waals surface area contributed by atoms with Crippen molar-refractivity contribution in [3.63, 3.8) is 0 Å². The number of benzene rings is 1. The Kier molecular flexibility index (Phi) is 8.40. The smallest absolute Gasteiger partial charge is 0.388 e. The Morgan fingerprint density at radius 1 is 1.20 bits per heavy atom. The fourth-order valence-electron chi connectivity index (χ4n) is 2.35. The monoisotopic (exact) mass is 360 g/mol. The lowest BCUT2D eigenvalue weighted by Gasteiger charge is -2.13. The number of carbonyl (C=O) groups excluding carboxylic acids is 2. The number of hydrogen-bond acceptors (Lipinski definition) is 3. The van der Waals surface area contributed by atoms with Crippen molar-refractivity contribution in [2.45, 2.75) is 50.8 Å². The van der Waals surface area contributed by atoms with Crippen LogP contribution >= 0.6 is 0 Å². The van der Waals surface area contributed by atoms with Gasteiger partial charge in [0.05, 0.1) is 6.10 Å². The van der Waals surface area contributed by atoms with Crippen LogP contribution in [0.5, 0.6) is 0 Å². The molecule has 0 aliphatic rings. The summed E-state index contributed by atoms with van der Waals surface area (Å²) in [4.78, 5) is 21.3. The van der Waals surface area contributed by atoms with E-state index in [-0.39, 0.29) is 18.9 Å². The molecule has 0 aliphatic carbocycles. The van der Waals surface area contributed by atoms with Gasteiger partial charge in [-0.25, -0.2) is 0 Å². The van der Waals surface area contributed by atoms with E-state index in [9.17, 15) is 27.9 Å². The van der Waals surface area contributed by atoms with Gasteiger partial charge in [0, 0.05) is 13.0 Å². The highest BCUT2D eigenvalue weighted by molar-refractivity contribution is 5.81. The Morgan fingerprint density at radius 2 is 1.92 bits per heavy atom. The minimum atomic E-state index is -4.92. The van der Waals surface area contributed by atoms with Crippen LogP contribution in [0.1, 0.15) is 49.3 Å². The van der Waals surface area contributed by atoms with E-state index in [1.165, 1.54) is 0 Å². The Hall–Kier alpha value is -2.09. The van der Waals surface area contributed by atoms with Crippen molar-refractivity contribution in [3.8, 4) is 0 Å². The zero-order valence-corrected chi connectivity index (χ0v) is 13.8. The third-order valence-electron chi connectivity index (χ3n) is 3.69. The summed E-state index contributed by atoms with van der Waals surface area (Å²) >= 11 is 0. The normalized spacial score (nSPS) is 12.6. The van der Waals surface area contributed by atoms with Gasteiger partial charge in [-0.05, 0) is 36.8 Å². The molecular formula is C17H23F3N2O3. The summed E-state index contributed by atoms with van der Waals surface area (Å²) in [5.74, 6) is -2.33. The van der Waals surface area contributed by atoms with E-state index in [1.54, 1.807) is 23.5 Å². The van der Waals surface area contributed by atoms with E-state index in [0.29, 0.717) is 12.0 Å². The molecule has 8 heteroatoms.